The summed E-state index contributed by atoms with van der Waals surface area (Å²) in [6, 6.07) is 28.8. The minimum Gasteiger partial charge on any atom is -0.358 e. The zero-order valence-corrected chi connectivity index (χ0v) is 25.6. The third-order valence-electron chi connectivity index (χ3n) is 3.79. The van der Waals surface area contributed by atoms with Crippen LogP contribution in [0.4, 0.5) is 4.39 Å². The molecule has 37 heavy (non-hydrogen) atoms. The van der Waals surface area contributed by atoms with Gasteiger partial charge in [-0.05, 0) is 18.3 Å². The molecule has 0 unspecified atom stereocenters. The van der Waals surface area contributed by atoms with Gasteiger partial charge in [-0.15, -0.1) is 29.8 Å². The quantitative estimate of drug-likeness (QED) is 0.174. The van der Waals surface area contributed by atoms with E-state index in [2.05, 4.69) is 23.0 Å². The van der Waals surface area contributed by atoms with Crippen LogP contribution in [0.3, 0.4) is 0 Å². The first-order valence-electron chi connectivity index (χ1n) is 12.5. The summed E-state index contributed by atoms with van der Waals surface area (Å²) in [6.45, 7) is 20.0. The fourth-order valence-corrected chi connectivity index (χ4v) is 2.45. The molecule has 0 saturated heterocycles. The number of hydrogen-bond acceptors (Lipinski definition) is 2. The van der Waals surface area contributed by atoms with Crippen molar-refractivity contribution in [2.45, 2.75) is 55.4 Å². The number of nitrogens with zero attached hydrogens (tertiary/aromatic N) is 2. The van der Waals surface area contributed by atoms with Crippen molar-refractivity contribution in [2.75, 3.05) is 0 Å². The molecule has 0 fully saturated rings. The van der Waals surface area contributed by atoms with Gasteiger partial charge in [-0.3, -0.25) is 16.0 Å². The predicted octanol–water partition coefficient (Wildman–Crippen LogP) is 10.3. The molecular formula is C33H45FN2Pd-4. The summed E-state index contributed by atoms with van der Waals surface area (Å²) in [4.78, 5) is 8.19. The number of benzene rings is 2. The topological polar surface area (TPSA) is 25.8 Å². The van der Waals surface area contributed by atoms with Crippen LogP contribution in [0.1, 0.15) is 72.2 Å². The maximum atomic E-state index is 13.7. The fourth-order valence-electron chi connectivity index (χ4n) is 2.45. The summed E-state index contributed by atoms with van der Waals surface area (Å²) in [5, 5.41) is 0. The standard InChI is InChI=1S/C12H8FN.C12H10N.4C2H6.CH3.Pd/c13-12(10-6-2-1-3-7-10)11-8-4-5-9-14-11;1-10-6-2-3-7-11(10)12-8-4-5-9-13-12;4*1-2;;/h1-6,8-9H;2-9H,1H2;4*1-2H3;1H3;/q-2;-1;;;;;-1;. The normalized spacial score (nSPS) is 7.81. The van der Waals surface area contributed by atoms with E-state index in [0.717, 1.165) is 16.8 Å². The van der Waals surface area contributed by atoms with Crippen molar-refractivity contribution in [2.24, 2.45) is 0 Å². The molecule has 2 heterocycles. The van der Waals surface area contributed by atoms with Crippen LogP contribution < -0.4 is 0 Å². The summed E-state index contributed by atoms with van der Waals surface area (Å²) < 4.78 is 13.7. The smallest absolute Gasteiger partial charge is 0.0262 e. The van der Waals surface area contributed by atoms with Crippen molar-refractivity contribution in [3.8, 4) is 11.3 Å². The van der Waals surface area contributed by atoms with Crippen LogP contribution in [0.15, 0.2) is 97.3 Å². The summed E-state index contributed by atoms with van der Waals surface area (Å²) in [5.41, 5.74) is 3.87. The second-order valence-corrected chi connectivity index (χ2v) is 5.68. The fraction of sp³-hybridized carbons (Fsp3) is 0.242. The van der Waals surface area contributed by atoms with Gasteiger partial charge in [0.25, 0.3) is 0 Å². The van der Waals surface area contributed by atoms with Crippen molar-refractivity contribution in [3.63, 3.8) is 0 Å². The first-order valence-corrected chi connectivity index (χ1v) is 12.5. The van der Waals surface area contributed by atoms with Crippen molar-refractivity contribution in [3.05, 3.63) is 141 Å². The van der Waals surface area contributed by atoms with E-state index in [1.54, 1.807) is 54.9 Å². The van der Waals surface area contributed by atoms with Crippen LogP contribution in [-0.4, -0.2) is 9.97 Å². The monoisotopic (exact) mass is 594 g/mol. The minimum absolute atomic E-state index is 0. The van der Waals surface area contributed by atoms with Crippen LogP contribution in [0.25, 0.3) is 11.3 Å². The average molecular weight is 595 g/mol. The van der Waals surface area contributed by atoms with E-state index in [-0.39, 0.29) is 34.0 Å². The van der Waals surface area contributed by atoms with E-state index in [4.69, 9.17) is 0 Å². The second kappa shape index (κ2) is 29.3. The molecule has 0 aliphatic carbocycles. The van der Waals surface area contributed by atoms with Crippen molar-refractivity contribution >= 4 is 0 Å². The number of halogens is 1. The van der Waals surface area contributed by atoms with E-state index in [9.17, 15) is 4.39 Å². The SMILES string of the molecule is CC.CC.CC.CC.F[C-](c1[c-]cccc1)c1ccccn1.[CH2-]c1ccccc1-c1ccccn1.[CH3-].[Pd]. The van der Waals surface area contributed by atoms with Gasteiger partial charge in [0.2, 0.25) is 0 Å². The van der Waals surface area contributed by atoms with Gasteiger partial charge in [-0.2, -0.15) is 30.7 Å². The molecule has 4 aromatic rings. The van der Waals surface area contributed by atoms with E-state index >= 15 is 0 Å². The molecule has 0 spiro atoms. The summed E-state index contributed by atoms with van der Waals surface area (Å²) >= 11 is 0. The number of aromatic nitrogens is 2. The van der Waals surface area contributed by atoms with Gasteiger partial charge in [0.15, 0.2) is 0 Å². The van der Waals surface area contributed by atoms with Crippen LogP contribution in [-0.2, 0) is 20.4 Å². The second-order valence-electron chi connectivity index (χ2n) is 5.68. The molecule has 0 bridgehead atoms. The number of hydrogen-bond donors (Lipinski definition) is 0. The van der Waals surface area contributed by atoms with Gasteiger partial charge >= 0.3 is 0 Å². The maximum Gasteiger partial charge on any atom is 0.0262 e. The average Bonchev–Trinajstić information content (AvgIpc) is 2.99. The molecule has 2 aromatic heterocycles. The summed E-state index contributed by atoms with van der Waals surface area (Å²) in [6.07, 6.45) is 3.02. The van der Waals surface area contributed by atoms with Crippen LogP contribution in [0, 0.1) is 26.6 Å². The minimum atomic E-state index is -0.341. The Labute approximate surface area is 241 Å². The van der Waals surface area contributed by atoms with Gasteiger partial charge in [0, 0.05) is 38.5 Å². The molecule has 0 saturated carbocycles. The Hall–Kier alpha value is -2.93. The Bertz CT molecular complexity index is 910. The molecule has 0 aliphatic rings. The number of rotatable bonds is 3. The van der Waals surface area contributed by atoms with Gasteiger partial charge in [-0.1, -0.05) is 85.3 Å². The summed E-state index contributed by atoms with van der Waals surface area (Å²) in [5.74, 6) is 0. The van der Waals surface area contributed by atoms with E-state index in [0.29, 0.717) is 11.3 Å². The molecule has 0 atom stereocenters. The van der Waals surface area contributed by atoms with Gasteiger partial charge in [0.05, 0.1) is 0 Å². The predicted molar refractivity (Wildman–Crippen MR) is 158 cm³/mol. The number of pyridine rings is 2. The van der Waals surface area contributed by atoms with Gasteiger partial charge in [0.1, 0.15) is 0 Å². The van der Waals surface area contributed by atoms with Crippen LogP contribution in [0.5, 0.6) is 0 Å². The first-order chi connectivity index (χ1) is 17.3. The van der Waals surface area contributed by atoms with Crippen LogP contribution >= 0.6 is 0 Å². The molecule has 0 aliphatic heterocycles. The van der Waals surface area contributed by atoms with Crippen LogP contribution in [0.2, 0.25) is 0 Å². The third-order valence-corrected chi connectivity index (χ3v) is 3.79. The Morgan fingerprint density at radius 2 is 1.19 bits per heavy atom. The molecule has 4 rings (SSSR count). The Morgan fingerprint density at radius 1 is 0.676 bits per heavy atom. The molecule has 0 amide bonds. The molecule has 0 N–H and O–H groups in total. The van der Waals surface area contributed by atoms with E-state index in [1.165, 1.54) is 0 Å². The van der Waals surface area contributed by atoms with Gasteiger partial charge in [-0.25, -0.2) is 11.6 Å². The Morgan fingerprint density at radius 3 is 1.65 bits per heavy atom. The molecular weight excluding hydrogens is 550 g/mol. The zero-order valence-electron chi connectivity index (χ0n) is 24.0. The summed E-state index contributed by atoms with van der Waals surface area (Å²) in [7, 11) is 0. The van der Waals surface area contributed by atoms with E-state index in [1.807, 2.05) is 97.9 Å². The van der Waals surface area contributed by atoms with E-state index < -0.39 is 0 Å². The molecule has 2 aromatic carbocycles. The maximum absolute atomic E-state index is 13.7. The third kappa shape index (κ3) is 16.4. The van der Waals surface area contributed by atoms with Crippen molar-refractivity contribution in [1.29, 1.82) is 0 Å². The largest absolute Gasteiger partial charge is 0.358 e. The molecule has 0 radical (unpaired) electrons. The van der Waals surface area contributed by atoms with Crippen molar-refractivity contribution in [1.82, 2.24) is 9.97 Å². The first kappa shape index (κ1) is 41.2. The van der Waals surface area contributed by atoms with Gasteiger partial charge < -0.3 is 11.8 Å². The Balaban J connectivity index is -0.000000223. The molecule has 4 heteroatoms. The molecule has 2 nitrogen and oxygen atoms in total. The zero-order chi connectivity index (χ0) is 26.9. The van der Waals surface area contributed by atoms with Crippen molar-refractivity contribution < 1.29 is 24.8 Å². The molecule has 208 valence electrons. The Kier molecular flexibility index (Phi) is 32.6.